The summed E-state index contributed by atoms with van der Waals surface area (Å²) < 4.78 is 10.6. The average Bonchev–Trinajstić information content (AvgIpc) is 3.13. The number of aliphatic hydroxyl groups is 2. The summed E-state index contributed by atoms with van der Waals surface area (Å²) in [5.41, 5.74) is 2.89. The van der Waals surface area contributed by atoms with Crippen molar-refractivity contribution in [3.05, 3.63) is 56.6 Å². The third-order valence-corrected chi connectivity index (χ3v) is 6.38. The molecule has 26 heavy (non-hydrogen) atoms. The van der Waals surface area contributed by atoms with E-state index in [1.165, 1.54) is 13.4 Å². The number of rotatable bonds is 1. The standard InChI is InChI=1S/C20H18O6/c1-20-11-5-3-8-9(4-6-12(8)21)13(11)14-15(20)10(7-26-19(14)24)16(22)17(25-2)18(20)23/h3,5,7,16-18,22-23H,4,6H2,1-2H3/t16-,17+,18+,20-/m1/s1. The fourth-order valence-corrected chi connectivity index (χ4v) is 5.12. The molecular weight excluding hydrogens is 336 g/mol. The van der Waals surface area contributed by atoms with Crippen LogP contribution < -0.4 is 5.63 Å². The molecule has 6 heteroatoms. The van der Waals surface area contributed by atoms with Crippen molar-refractivity contribution in [3.63, 3.8) is 0 Å². The number of hydrogen-bond acceptors (Lipinski definition) is 6. The van der Waals surface area contributed by atoms with Gasteiger partial charge in [-0.1, -0.05) is 12.1 Å². The van der Waals surface area contributed by atoms with Crippen molar-refractivity contribution in [1.29, 1.82) is 0 Å². The number of carbonyl (C=O) groups is 1. The maximum Gasteiger partial charge on any atom is 0.343 e. The van der Waals surface area contributed by atoms with Gasteiger partial charge >= 0.3 is 5.63 Å². The summed E-state index contributed by atoms with van der Waals surface area (Å²) in [5.74, 6) is 0.0590. The Balaban J connectivity index is 1.95. The van der Waals surface area contributed by atoms with E-state index in [1.807, 2.05) is 13.0 Å². The molecule has 3 aliphatic carbocycles. The first-order valence-electron chi connectivity index (χ1n) is 8.66. The topological polar surface area (TPSA) is 97.0 Å². The van der Waals surface area contributed by atoms with E-state index in [4.69, 9.17) is 9.15 Å². The summed E-state index contributed by atoms with van der Waals surface area (Å²) in [5, 5.41) is 21.8. The molecule has 6 nitrogen and oxygen atoms in total. The number of methoxy groups -OCH3 is 1. The van der Waals surface area contributed by atoms with Gasteiger partial charge in [0.2, 0.25) is 0 Å². The number of fused-ring (bicyclic) bond motifs is 5. The van der Waals surface area contributed by atoms with E-state index in [0.717, 1.165) is 11.1 Å². The SMILES string of the molecule is CO[C@H]1[C@H](O)c2coc(=O)c3c2[C@@](C)(c2ccc4c(c2-3)CCC4=O)[C@H]1O. The predicted molar refractivity (Wildman–Crippen MR) is 91.3 cm³/mol. The Labute approximate surface area is 149 Å². The normalized spacial score (nSPS) is 30.9. The van der Waals surface area contributed by atoms with Crippen molar-refractivity contribution in [3.8, 4) is 11.1 Å². The zero-order chi connectivity index (χ0) is 18.4. The molecule has 0 amide bonds. The molecule has 0 bridgehead atoms. The Bertz CT molecular complexity index is 1040. The van der Waals surface area contributed by atoms with Crippen LogP contribution in [0.4, 0.5) is 0 Å². The Morgan fingerprint density at radius 1 is 1.19 bits per heavy atom. The van der Waals surface area contributed by atoms with Crippen LogP contribution in [-0.2, 0) is 16.6 Å². The minimum Gasteiger partial charge on any atom is -0.430 e. The molecule has 134 valence electrons. The molecule has 1 aromatic heterocycles. The highest BCUT2D eigenvalue weighted by atomic mass is 16.5. The molecule has 0 aliphatic heterocycles. The predicted octanol–water partition coefficient (Wildman–Crippen LogP) is 1.48. The van der Waals surface area contributed by atoms with Crippen molar-refractivity contribution in [1.82, 2.24) is 0 Å². The molecule has 2 N–H and O–H groups in total. The Morgan fingerprint density at radius 2 is 1.96 bits per heavy atom. The third kappa shape index (κ3) is 1.58. The summed E-state index contributed by atoms with van der Waals surface area (Å²) >= 11 is 0. The highest BCUT2D eigenvalue weighted by Crippen LogP contribution is 2.57. The van der Waals surface area contributed by atoms with Crippen LogP contribution in [0.1, 0.15) is 52.1 Å². The molecule has 3 aliphatic rings. The largest absolute Gasteiger partial charge is 0.430 e. The van der Waals surface area contributed by atoms with Crippen molar-refractivity contribution in [2.75, 3.05) is 7.11 Å². The van der Waals surface area contributed by atoms with Crippen LogP contribution in [0.5, 0.6) is 0 Å². The van der Waals surface area contributed by atoms with Crippen molar-refractivity contribution in [2.45, 2.75) is 43.5 Å². The lowest BCUT2D eigenvalue weighted by atomic mass is 9.66. The summed E-state index contributed by atoms with van der Waals surface area (Å²) in [4.78, 5) is 24.8. The third-order valence-electron chi connectivity index (χ3n) is 6.38. The monoisotopic (exact) mass is 354 g/mol. The molecule has 0 saturated heterocycles. The number of hydrogen-bond donors (Lipinski definition) is 2. The van der Waals surface area contributed by atoms with Gasteiger partial charge in [-0.05, 0) is 35.6 Å². The maximum atomic E-state index is 12.7. The van der Waals surface area contributed by atoms with Crippen LogP contribution in [-0.4, -0.2) is 35.3 Å². The highest BCUT2D eigenvalue weighted by molar-refractivity contribution is 6.04. The van der Waals surface area contributed by atoms with Gasteiger partial charge in [0.05, 0.1) is 11.7 Å². The molecule has 1 aromatic carbocycles. The van der Waals surface area contributed by atoms with E-state index in [9.17, 15) is 19.8 Å². The van der Waals surface area contributed by atoms with Crippen LogP contribution in [0.15, 0.2) is 27.6 Å². The van der Waals surface area contributed by atoms with Crippen LogP contribution in [0.2, 0.25) is 0 Å². The lowest BCUT2D eigenvalue weighted by Crippen LogP contribution is -2.52. The second kappa shape index (κ2) is 4.91. The van der Waals surface area contributed by atoms with Gasteiger partial charge in [0.25, 0.3) is 0 Å². The first kappa shape index (κ1) is 15.9. The molecule has 1 heterocycles. The van der Waals surface area contributed by atoms with Gasteiger partial charge in [0, 0.05) is 30.1 Å². The molecule has 0 unspecified atom stereocenters. The van der Waals surface area contributed by atoms with Gasteiger partial charge in [-0.3, -0.25) is 4.79 Å². The van der Waals surface area contributed by atoms with Crippen molar-refractivity contribution >= 4 is 5.78 Å². The molecular formula is C20H18O6. The lowest BCUT2D eigenvalue weighted by molar-refractivity contribution is -0.112. The molecule has 0 radical (unpaired) electrons. The van der Waals surface area contributed by atoms with Gasteiger partial charge in [0.1, 0.15) is 18.5 Å². The van der Waals surface area contributed by atoms with Gasteiger partial charge in [-0.2, -0.15) is 0 Å². The van der Waals surface area contributed by atoms with Gasteiger partial charge < -0.3 is 19.4 Å². The van der Waals surface area contributed by atoms with E-state index in [0.29, 0.717) is 40.7 Å². The molecule has 0 fully saturated rings. The number of carbonyl (C=O) groups excluding carboxylic acids is 1. The Kier molecular flexibility index (Phi) is 3.01. The second-order valence-electron chi connectivity index (χ2n) is 7.46. The zero-order valence-corrected chi connectivity index (χ0v) is 14.4. The number of aliphatic hydroxyl groups excluding tert-OH is 2. The van der Waals surface area contributed by atoms with Crippen LogP contribution in [0.3, 0.4) is 0 Å². The Morgan fingerprint density at radius 3 is 2.69 bits per heavy atom. The van der Waals surface area contributed by atoms with Crippen LogP contribution in [0, 0.1) is 0 Å². The van der Waals surface area contributed by atoms with Gasteiger partial charge in [0.15, 0.2) is 5.78 Å². The molecule has 0 saturated carbocycles. The zero-order valence-electron chi connectivity index (χ0n) is 14.4. The fraction of sp³-hybridized carbons (Fsp3) is 0.400. The smallest absolute Gasteiger partial charge is 0.343 e. The number of ether oxygens (including phenoxy) is 1. The Hall–Kier alpha value is -2.28. The molecule has 0 spiro atoms. The van der Waals surface area contributed by atoms with Crippen LogP contribution >= 0.6 is 0 Å². The lowest BCUT2D eigenvalue weighted by Gasteiger charge is -2.44. The number of benzene rings is 1. The maximum absolute atomic E-state index is 12.7. The number of ketones is 1. The van der Waals surface area contributed by atoms with Crippen molar-refractivity contribution in [2.24, 2.45) is 0 Å². The fourth-order valence-electron chi connectivity index (χ4n) is 5.12. The minimum absolute atomic E-state index is 0.0590. The summed E-state index contributed by atoms with van der Waals surface area (Å²) in [6.07, 6.45) is -0.775. The highest BCUT2D eigenvalue weighted by Gasteiger charge is 2.57. The second-order valence-corrected chi connectivity index (χ2v) is 7.46. The average molecular weight is 354 g/mol. The van der Waals surface area contributed by atoms with E-state index < -0.39 is 29.4 Å². The minimum atomic E-state index is -1.11. The molecule has 4 atom stereocenters. The summed E-state index contributed by atoms with van der Waals surface area (Å²) in [6.45, 7) is 1.85. The summed E-state index contributed by atoms with van der Waals surface area (Å²) in [6, 6.07) is 3.59. The first-order chi connectivity index (χ1) is 12.4. The summed E-state index contributed by atoms with van der Waals surface area (Å²) in [7, 11) is 1.43. The van der Waals surface area contributed by atoms with Crippen LogP contribution in [0.25, 0.3) is 11.1 Å². The van der Waals surface area contributed by atoms with Gasteiger partial charge in [-0.25, -0.2) is 4.79 Å². The number of Topliss-reactive ketones (excluding diaryl/α,β-unsaturated/α-hetero) is 1. The van der Waals surface area contributed by atoms with E-state index in [-0.39, 0.29) is 5.78 Å². The quantitative estimate of drug-likeness (QED) is 0.805. The van der Waals surface area contributed by atoms with Gasteiger partial charge in [-0.15, -0.1) is 0 Å². The van der Waals surface area contributed by atoms with E-state index in [1.54, 1.807) is 6.07 Å². The molecule has 5 rings (SSSR count). The van der Waals surface area contributed by atoms with E-state index >= 15 is 0 Å². The van der Waals surface area contributed by atoms with E-state index in [2.05, 4.69) is 0 Å². The molecule has 2 aromatic rings. The van der Waals surface area contributed by atoms with Crippen molar-refractivity contribution < 1.29 is 24.2 Å². The first-order valence-corrected chi connectivity index (χ1v) is 8.66.